The fourth-order valence-electron chi connectivity index (χ4n) is 2.59. The van der Waals surface area contributed by atoms with Gasteiger partial charge in [0.2, 0.25) is 29.6 Å². The molecule has 0 aliphatic heterocycles. The van der Waals surface area contributed by atoms with E-state index in [9.17, 15) is 18.0 Å². The zero-order chi connectivity index (χ0) is 35.3. The van der Waals surface area contributed by atoms with Gasteiger partial charge < -0.3 is 23.6 Å². The van der Waals surface area contributed by atoms with Crippen LogP contribution in [0.25, 0.3) is 0 Å². The maximum absolute atomic E-state index is 11.8. The minimum atomic E-state index is -2.15. The number of hydrogen-bond donors (Lipinski definition) is 4. The molecule has 24 heteroatoms. The Kier molecular flexibility index (Phi) is 18.7. The molecule has 0 fully saturated rings. The molecule has 48 heavy (non-hydrogen) atoms. The van der Waals surface area contributed by atoms with Crippen molar-refractivity contribution in [1.82, 2.24) is 29.4 Å². The zero-order valence-corrected chi connectivity index (χ0v) is 30.9. The van der Waals surface area contributed by atoms with Crippen molar-refractivity contribution in [2.24, 2.45) is 0 Å². The highest BCUT2D eigenvalue weighted by Crippen LogP contribution is 2.35. The maximum Gasteiger partial charge on any atom is 0.336 e. The molecule has 0 radical (unpaired) electrons. The van der Waals surface area contributed by atoms with Gasteiger partial charge >= 0.3 is 28.6 Å². The number of hydrogen-bond acceptors (Lipinski definition) is 15. The fraction of sp³-hybridized carbons (Fsp3) is 0.250. The van der Waals surface area contributed by atoms with Crippen molar-refractivity contribution in [3.05, 3.63) is 53.0 Å². The molecule has 5 N–H and O–H groups in total. The number of carbonyl (C=O) groups is 2. The highest BCUT2D eigenvalue weighted by molar-refractivity contribution is 7.79. The lowest BCUT2D eigenvalue weighted by atomic mass is 10.4. The van der Waals surface area contributed by atoms with E-state index in [0.717, 1.165) is 5.56 Å². The van der Waals surface area contributed by atoms with Crippen LogP contribution in [0, 0.1) is 13.8 Å². The van der Waals surface area contributed by atoms with E-state index in [4.69, 9.17) is 70.0 Å². The number of urea groups is 1. The van der Waals surface area contributed by atoms with E-state index in [1.54, 1.807) is 24.6 Å². The second-order valence-corrected chi connectivity index (χ2v) is 13.5. The second kappa shape index (κ2) is 21.0. The summed E-state index contributed by atoms with van der Waals surface area (Å²) in [6, 6.07) is 2.00. The number of methoxy groups -OCH3 is 2. The van der Waals surface area contributed by atoms with Gasteiger partial charge in [0.1, 0.15) is 19.0 Å². The van der Waals surface area contributed by atoms with Crippen LogP contribution in [-0.4, -0.2) is 54.5 Å². The highest BCUT2D eigenvalue weighted by Gasteiger charge is 2.16. The summed E-state index contributed by atoms with van der Waals surface area (Å²) in [6.45, 7) is 4.77. The molecule has 4 rings (SSSR count). The lowest BCUT2D eigenvalue weighted by Crippen LogP contribution is -2.33. The van der Waals surface area contributed by atoms with Crippen LogP contribution in [0.15, 0.2) is 22.9 Å². The summed E-state index contributed by atoms with van der Waals surface area (Å²) in [5.41, 5.74) is 6.75. The molecule has 0 saturated carbocycles. The monoisotopic (exact) mass is 824 g/mol. The topological polar surface area (TPSA) is 219 Å². The molecule has 0 aromatic carbocycles. The van der Waals surface area contributed by atoms with Crippen LogP contribution in [0.1, 0.15) is 25.5 Å². The van der Waals surface area contributed by atoms with Gasteiger partial charge in [0.15, 0.2) is 11.5 Å². The van der Waals surface area contributed by atoms with Crippen molar-refractivity contribution in [2.45, 2.75) is 28.2 Å². The van der Waals surface area contributed by atoms with E-state index in [0.29, 0.717) is 25.9 Å². The number of halogens is 4. The van der Waals surface area contributed by atoms with Crippen molar-refractivity contribution in [2.75, 3.05) is 25.3 Å². The van der Waals surface area contributed by atoms with Crippen LogP contribution in [0.2, 0.25) is 19.0 Å². The molecular formula is C24H28Cl4N8O8S4. The predicted molar refractivity (Wildman–Crippen MR) is 190 cm³/mol. The van der Waals surface area contributed by atoms with Gasteiger partial charge in [-0.1, -0.05) is 53.8 Å². The molecule has 0 bridgehead atoms. The zero-order valence-electron chi connectivity index (χ0n) is 24.6. The third-order valence-electron chi connectivity index (χ3n) is 4.48. The Hall–Kier alpha value is -3.24. The molecule has 4 aromatic rings. The number of rotatable bonds is 9. The molecule has 16 nitrogen and oxygen atoms in total. The molecule has 2 unspecified atom stereocenters. The normalized spacial score (nSPS) is 11.1. The summed E-state index contributed by atoms with van der Waals surface area (Å²) in [5.74, 6) is 0.709. The van der Waals surface area contributed by atoms with Crippen molar-refractivity contribution in [3.8, 4) is 23.3 Å². The molecule has 4 aromatic heterocycles. The molecule has 2 atom stereocenters. The number of nitrogens with zero attached hydrogens (tertiary/aromatic N) is 4. The Morgan fingerprint density at radius 1 is 0.792 bits per heavy atom. The first-order valence-corrected chi connectivity index (χ1v) is 17.5. The van der Waals surface area contributed by atoms with Crippen molar-refractivity contribution >= 4 is 115 Å². The molecule has 264 valence electrons. The minimum absolute atomic E-state index is 0. The predicted octanol–water partition coefficient (Wildman–Crippen LogP) is 6.10. The molecule has 0 aliphatic rings. The van der Waals surface area contributed by atoms with Gasteiger partial charge in [-0.05, 0) is 24.6 Å². The molecule has 0 spiro atoms. The lowest BCUT2D eigenvalue weighted by Gasteiger charge is -2.08. The number of amides is 3. The summed E-state index contributed by atoms with van der Waals surface area (Å²) in [6.07, 6.45) is 0. The van der Waals surface area contributed by atoms with E-state index in [-0.39, 0.29) is 41.3 Å². The Labute approximate surface area is 308 Å². The Morgan fingerprint density at radius 2 is 1.25 bits per heavy atom. The van der Waals surface area contributed by atoms with Crippen LogP contribution in [0.4, 0.5) is 16.7 Å². The van der Waals surface area contributed by atoms with Gasteiger partial charge in [0.25, 0.3) is 0 Å². The van der Waals surface area contributed by atoms with E-state index < -0.39 is 34.5 Å². The lowest BCUT2D eigenvalue weighted by molar-refractivity contribution is -0.117. The smallest absolute Gasteiger partial charge is 0.336 e. The maximum atomic E-state index is 11.8. The number of aromatic nitrogens is 4. The van der Waals surface area contributed by atoms with Crippen molar-refractivity contribution in [1.29, 1.82) is 0 Å². The Balaban J connectivity index is 0.000000392. The van der Waals surface area contributed by atoms with Gasteiger partial charge in [-0.2, -0.15) is 18.4 Å². The quantitative estimate of drug-likeness (QED) is 0.140. The van der Waals surface area contributed by atoms with E-state index >= 15 is 0 Å². The summed E-state index contributed by atoms with van der Waals surface area (Å²) < 4.78 is 47.5. The number of carbonyl (C=O) groups excluding carboxylic acids is 2. The molecular weight excluding hydrogens is 798 g/mol. The summed E-state index contributed by atoms with van der Waals surface area (Å²) >= 11 is 21.4. The van der Waals surface area contributed by atoms with Gasteiger partial charge in [-0.3, -0.25) is 10.1 Å². The van der Waals surface area contributed by atoms with Crippen molar-refractivity contribution in [3.63, 3.8) is 0 Å². The highest BCUT2D eigenvalue weighted by atomic mass is 35.5. The molecule has 0 aliphatic carbocycles. The second-order valence-electron chi connectivity index (χ2n) is 8.04. The molecule has 4 heterocycles. The van der Waals surface area contributed by atoms with Crippen molar-refractivity contribution < 1.29 is 35.8 Å². The summed E-state index contributed by atoms with van der Waals surface area (Å²) in [7, 11) is 2.87. The number of ether oxygens (including phenoxy) is 2. The van der Waals surface area contributed by atoms with Gasteiger partial charge in [-0.15, -0.1) is 22.7 Å². The third-order valence-corrected chi connectivity index (χ3v) is 8.91. The number of anilines is 2. The number of nitrogens with two attached hydrogens (primary N) is 1. The first-order chi connectivity index (χ1) is 22.1. The first kappa shape index (κ1) is 42.8. The van der Waals surface area contributed by atoms with Crippen LogP contribution in [0.5, 0.6) is 23.3 Å². The fourth-order valence-corrected chi connectivity index (χ4v) is 6.43. The standard InChI is InChI=1S/C11H10Cl2N4O4S2.C7H8ClNO3S2.C5H6ClN3O.CH4/c1-5-4-22-9(13)8(5)21-23(19)17-11(18)16-10-14-6(12)3-7(15-10)20-2;1-4-3-13-7(8)6(4)12-14(11)9-5(2)10;1-10-4-2-3(6)8-5(7)9-4;/h3-4H,1-2H3,(H2,14,15,16,17,18);3H,1-2H3,(H,9,10);2H,1H3,(H2,7,8,9);1H4. The molecule has 3 amide bonds. The van der Waals surface area contributed by atoms with Crippen LogP contribution in [0.3, 0.4) is 0 Å². The van der Waals surface area contributed by atoms with E-state index in [2.05, 4.69) is 34.7 Å². The van der Waals surface area contributed by atoms with Gasteiger partial charge in [0, 0.05) is 30.2 Å². The number of nitrogens with one attached hydrogen (secondary N) is 3. The molecule has 0 saturated heterocycles. The Morgan fingerprint density at radius 3 is 1.67 bits per heavy atom. The SMILES string of the molecule is C.CC(=O)NS(=O)Oc1c(C)csc1Cl.COc1cc(Cl)nc(N)n1.COc1cc(Cl)nc(NC(=O)NS(=O)Oc2c(C)csc2Cl)n1. The van der Waals surface area contributed by atoms with E-state index in [1.165, 1.54) is 55.9 Å². The largest absolute Gasteiger partial charge is 0.481 e. The van der Waals surface area contributed by atoms with Gasteiger partial charge in [-0.25, -0.2) is 24.2 Å². The van der Waals surface area contributed by atoms with Crippen LogP contribution in [-0.2, 0) is 27.3 Å². The average molecular weight is 827 g/mol. The Bertz CT molecular complexity index is 1690. The number of thiophene rings is 2. The summed E-state index contributed by atoms with van der Waals surface area (Å²) in [5, 5.41) is 6.13. The number of nitrogen functional groups attached to an aromatic ring is 1. The van der Waals surface area contributed by atoms with Crippen LogP contribution >= 0.6 is 69.1 Å². The van der Waals surface area contributed by atoms with E-state index in [1.807, 2.05) is 0 Å². The average Bonchev–Trinajstić information content (AvgIpc) is 3.46. The van der Waals surface area contributed by atoms with Crippen LogP contribution < -0.4 is 38.3 Å². The minimum Gasteiger partial charge on any atom is -0.481 e. The number of aryl methyl sites for hydroxylation is 2. The third kappa shape index (κ3) is 14.9. The summed E-state index contributed by atoms with van der Waals surface area (Å²) in [4.78, 5) is 37.3. The van der Waals surface area contributed by atoms with Gasteiger partial charge in [0.05, 0.1) is 14.2 Å². The first-order valence-electron chi connectivity index (χ1n) is 12.1.